The minimum absolute atomic E-state index is 0.156. The molecule has 3 aromatic carbocycles. The number of aromatic nitrogens is 2. The maximum absolute atomic E-state index is 13.3. The standard InChI is InChI=1S/C33H32F3I2N5O5S/c1-3-48-30(46)38-49(37,47)26-13-11-25(12-14-26)42-31-39-18-27(28(43-31)40-20(2)19-44)21-7-9-24(10-8-21)41-29(45)32(15-16-32)22-5-4-6-23(17-22)33(34,35)36/h4-14,17-18,20,44H,3,15-16,19H2,1-2H3,(H,41,45)(H2,39,40,42,43)/t20-,49?/m1/s1. The zero-order valence-electron chi connectivity index (χ0n) is 26.2. The van der Waals surface area contributed by atoms with Gasteiger partial charge in [0.1, 0.15) is 5.82 Å². The third-order valence-corrected chi connectivity index (χ3v) is 18.3. The summed E-state index contributed by atoms with van der Waals surface area (Å²) in [5.41, 5.74) is 0.979. The first-order chi connectivity index (χ1) is 23.2. The number of hydrogen-bond donors (Lipinski definition) is 4. The van der Waals surface area contributed by atoms with Crippen molar-refractivity contribution >= 4 is 77.2 Å². The highest BCUT2D eigenvalue weighted by Gasteiger charge is 2.51. The Balaban J connectivity index is 1.32. The number of hydrogen-bond acceptors (Lipinski definition) is 9. The highest BCUT2D eigenvalue weighted by Crippen LogP contribution is 2.50. The third-order valence-electron chi connectivity index (χ3n) is 7.63. The molecule has 0 spiro atoms. The molecule has 1 aliphatic rings. The molecule has 1 aromatic heterocycles. The van der Waals surface area contributed by atoms with E-state index in [2.05, 4.69) is 25.9 Å². The molecule has 0 bridgehead atoms. The smallest absolute Gasteiger partial charge is 0.416 e. The molecule has 1 fully saturated rings. The predicted octanol–water partition coefficient (Wildman–Crippen LogP) is 8.40. The number of aliphatic hydroxyl groups excluding tert-OH is 1. The number of ether oxygens (including phenoxy) is 1. The molecule has 2 atom stereocenters. The molecule has 1 saturated carbocycles. The summed E-state index contributed by atoms with van der Waals surface area (Å²) in [6, 6.07) is 18.3. The van der Waals surface area contributed by atoms with Crippen LogP contribution in [-0.2, 0) is 24.9 Å². The van der Waals surface area contributed by atoms with E-state index in [0.717, 1.165) is 12.1 Å². The van der Waals surface area contributed by atoms with Gasteiger partial charge in [-0.2, -0.15) is 18.2 Å². The molecular formula is C33H32F3I2N5O5S. The number of carbonyl (C=O) groups excluding carboxylic acids is 2. The van der Waals surface area contributed by atoms with E-state index in [1.54, 1.807) is 74.6 Å². The van der Waals surface area contributed by atoms with Crippen LogP contribution in [0.4, 0.5) is 41.1 Å². The summed E-state index contributed by atoms with van der Waals surface area (Å²) in [5.74, 6) is 0.321. The van der Waals surface area contributed by atoms with Gasteiger partial charge in [-0.25, -0.2) is 14.0 Å². The molecule has 1 aliphatic carbocycles. The zero-order valence-corrected chi connectivity index (χ0v) is 31.3. The lowest BCUT2D eigenvalue weighted by atomic mass is 9.93. The molecule has 0 aliphatic heterocycles. The van der Waals surface area contributed by atoms with Crippen LogP contribution in [-0.4, -0.2) is 48.4 Å². The largest absolute Gasteiger partial charge is 0.458 e. The normalized spacial score (nSPS) is 15.4. The van der Waals surface area contributed by atoms with E-state index in [1.807, 2.05) is 21.2 Å². The number of anilines is 4. The van der Waals surface area contributed by atoms with Gasteiger partial charge >= 0.3 is 10.2 Å². The minimum Gasteiger partial charge on any atom is -0.458 e. The Hall–Kier alpha value is -3.36. The number of alkyl halides is 3. The second-order valence-corrected chi connectivity index (χ2v) is 27.4. The van der Waals surface area contributed by atoms with E-state index in [1.165, 1.54) is 6.07 Å². The molecule has 0 saturated heterocycles. The van der Waals surface area contributed by atoms with Crippen molar-refractivity contribution in [3.8, 4) is 11.1 Å². The summed E-state index contributed by atoms with van der Waals surface area (Å²) in [6.45, 7) is 3.57. The molecule has 1 amide bonds. The highest BCUT2D eigenvalue weighted by atomic mass is 127. The Morgan fingerprint density at radius 2 is 1.76 bits per heavy atom. The Bertz CT molecular complexity index is 1970. The van der Waals surface area contributed by atoms with Crippen LogP contribution in [0.5, 0.6) is 0 Å². The van der Waals surface area contributed by atoms with Crippen molar-refractivity contribution in [2.24, 2.45) is 0 Å². The average Bonchev–Trinajstić information content (AvgIpc) is 3.88. The van der Waals surface area contributed by atoms with Gasteiger partial charge in [0.25, 0.3) is 0 Å². The molecule has 49 heavy (non-hydrogen) atoms. The van der Waals surface area contributed by atoms with Gasteiger partial charge < -0.3 is 25.8 Å². The summed E-state index contributed by atoms with van der Waals surface area (Å²) in [4.78, 5) is 34.8. The number of benzene rings is 3. The maximum atomic E-state index is 13.3. The van der Waals surface area contributed by atoms with Crippen molar-refractivity contribution in [2.45, 2.75) is 49.2 Å². The van der Waals surface area contributed by atoms with E-state index >= 15 is 0 Å². The van der Waals surface area contributed by atoms with Gasteiger partial charge in [-0.3, -0.25) is 4.79 Å². The monoisotopic (exact) mass is 921 g/mol. The molecule has 5 rings (SSSR count). The molecule has 260 valence electrons. The number of amides is 1. The Morgan fingerprint density at radius 3 is 2.37 bits per heavy atom. The zero-order chi connectivity index (χ0) is 35.4. The molecule has 4 N–H and O–H groups in total. The van der Waals surface area contributed by atoms with Crippen LogP contribution in [0.25, 0.3) is 11.1 Å². The number of halogens is 5. The molecule has 10 nitrogen and oxygen atoms in total. The Morgan fingerprint density at radius 1 is 1.08 bits per heavy atom. The molecule has 4 aromatic rings. The van der Waals surface area contributed by atoms with Crippen molar-refractivity contribution < 1.29 is 36.8 Å². The van der Waals surface area contributed by atoms with Crippen molar-refractivity contribution in [1.29, 1.82) is 0 Å². The molecule has 0 radical (unpaired) electrons. The van der Waals surface area contributed by atoms with Crippen LogP contribution in [0.15, 0.2) is 83.9 Å². The van der Waals surface area contributed by atoms with Crippen LogP contribution in [0.2, 0.25) is 0 Å². The van der Waals surface area contributed by atoms with E-state index in [0.29, 0.717) is 51.6 Å². The fraction of sp³-hybridized carbons (Fsp3) is 0.273. The van der Waals surface area contributed by atoms with Gasteiger partial charge in [0, 0.05) is 55.3 Å². The fourth-order valence-corrected chi connectivity index (χ4v) is 13.0. The van der Waals surface area contributed by atoms with Gasteiger partial charge in [-0.1, -0.05) is 30.3 Å². The summed E-state index contributed by atoms with van der Waals surface area (Å²) in [5, 5.41) is 18.8. The second kappa shape index (κ2) is 15.3. The Labute approximate surface area is 301 Å². The third kappa shape index (κ3) is 9.06. The first-order valence-corrected chi connectivity index (χ1v) is 22.7. The number of nitrogens with one attached hydrogen (secondary N) is 3. The number of nitrogens with zero attached hydrogens (tertiary/aromatic N) is 2. The number of carbonyl (C=O) groups is 2. The van der Waals surface area contributed by atoms with E-state index in [4.69, 9.17) is 4.74 Å². The second-order valence-electron chi connectivity index (χ2n) is 11.2. The van der Waals surface area contributed by atoms with Gasteiger partial charge in [0.2, 0.25) is 11.9 Å². The van der Waals surface area contributed by atoms with Crippen molar-refractivity contribution in [3.05, 3.63) is 90.1 Å². The maximum Gasteiger partial charge on any atom is 0.416 e. The lowest BCUT2D eigenvalue weighted by molar-refractivity contribution is -0.137. The van der Waals surface area contributed by atoms with Crippen molar-refractivity contribution in [2.75, 3.05) is 29.2 Å². The highest BCUT2D eigenvalue weighted by molar-refractivity contribution is 14.3. The predicted molar refractivity (Wildman–Crippen MR) is 200 cm³/mol. The van der Waals surface area contributed by atoms with Crippen LogP contribution in [0.3, 0.4) is 0 Å². The van der Waals surface area contributed by atoms with E-state index in [-0.39, 0.29) is 31.1 Å². The molecular weight excluding hydrogens is 889 g/mol. The summed E-state index contributed by atoms with van der Waals surface area (Å²) >= 11 is 0.457. The lowest BCUT2D eigenvalue weighted by Crippen LogP contribution is -2.28. The van der Waals surface area contributed by atoms with E-state index < -0.39 is 44.1 Å². The van der Waals surface area contributed by atoms with Crippen molar-refractivity contribution in [3.63, 3.8) is 0 Å². The minimum atomic E-state index is -4.50. The van der Waals surface area contributed by atoms with Crippen LogP contribution in [0, 0.1) is 0 Å². The van der Waals surface area contributed by atoms with Crippen LogP contribution in [0.1, 0.15) is 37.8 Å². The summed E-state index contributed by atoms with van der Waals surface area (Å²) in [7, 11) is 0. The summed E-state index contributed by atoms with van der Waals surface area (Å²) < 4.78 is 55.0. The fourth-order valence-electron chi connectivity index (χ4n) is 4.88. The first kappa shape index (κ1) is 36.9. The van der Waals surface area contributed by atoms with Crippen LogP contribution < -0.4 is 16.0 Å². The van der Waals surface area contributed by atoms with Gasteiger partial charge in [0.15, 0.2) is 0 Å². The molecule has 1 unspecified atom stereocenters. The topological polar surface area (TPSA) is 143 Å². The summed E-state index contributed by atoms with van der Waals surface area (Å²) in [6.07, 6.45) is -1.99. The van der Waals surface area contributed by atoms with Crippen molar-refractivity contribution in [1.82, 2.24) is 9.97 Å². The van der Waals surface area contributed by atoms with Crippen LogP contribution >= 0.6 is 40.5 Å². The van der Waals surface area contributed by atoms with E-state index in [9.17, 15) is 32.1 Å². The van der Waals surface area contributed by atoms with Gasteiger partial charge in [-0.05, 0) is 80.3 Å². The first-order valence-electron chi connectivity index (χ1n) is 15.0. The molecule has 1 heterocycles. The number of aliphatic hydroxyl groups is 1. The lowest BCUT2D eigenvalue weighted by Gasteiger charge is -2.18. The van der Waals surface area contributed by atoms with Gasteiger partial charge in [-0.15, -0.1) is 0 Å². The average molecular weight is 922 g/mol. The quantitative estimate of drug-likeness (QED) is 0.0815. The Kier molecular flexibility index (Phi) is 11.5. The SMILES string of the molecule is CCOC(=O)I=S(=O)(I)c1ccc(Nc2ncc(-c3ccc(NC(=O)C4(c5cccc(C(F)(F)F)c5)CC4)cc3)c(N[C@H](C)CO)n2)cc1. The molecule has 16 heteroatoms. The van der Waals surface area contributed by atoms with Gasteiger partial charge in [0.05, 0.1) is 47.2 Å². The number of rotatable bonds is 12.